The molecule has 1 atom stereocenters. The molecule has 0 bridgehead atoms. The molecule has 0 aliphatic heterocycles. The zero-order valence-electron chi connectivity index (χ0n) is 12.0. The molecule has 0 aromatic heterocycles. The van der Waals surface area contributed by atoms with E-state index in [1.54, 1.807) is 13.8 Å². The summed E-state index contributed by atoms with van der Waals surface area (Å²) in [7, 11) is -2.66. The number of rotatable bonds is 7. The molecule has 0 saturated carbocycles. The molecule has 1 aromatic rings. The first-order valence-electron chi connectivity index (χ1n) is 6.23. The average molecular weight is 319 g/mol. The molecule has 0 aliphatic rings. The van der Waals surface area contributed by atoms with Crippen molar-refractivity contribution < 1.29 is 27.4 Å². The Kier molecular flexibility index (Phi) is 5.82. The lowest BCUT2D eigenvalue weighted by atomic mass is 10.1. The topological polar surface area (TPSA) is 92.7 Å². The third-order valence-electron chi connectivity index (χ3n) is 2.93. The molecule has 8 heteroatoms. The fourth-order valence-corrected chi connectivity index (χ4v) is 3.09. The molecule has 0 amide bonds. The van der Waals surface area contributed by atoms with Crippen LogP contribution in [0.1, 0.15) is 24.2 Å². The molecule has 0 aliphatic carbocycles. The number of halogens is 1. The summed E-state index contributed by atoms with van der Waals surface area (Å²) in [6.07, 6.45) is 0. The summed E-state index contributed by atoms with van der Waals surface area (Å²) >= 11 is 0. The fraction of sp³-hybridized carbons (Fsp3) is 0.462. The summed E-state index contributed by atoms with van der Waals surface area (Å²) < 4.78 is 45.5. The SMILES string of the molecule is COCC(NS(=O)(=O)c1ccc(C(=O)O)cc1F)C(C)C. The highest BCUT2D eigenvalue weighted by Crippen LogP contribution is 2.17. The maximum Gasteiger partial charge on any atom is 0.335 e. The van der Waals surface area contributed by atoms with Crippen LogP contribution in [0.25, 0.3) is 0 Å². The smallest absolute Gasteiger partial charge is 0.335 e. The number of hydrogen-bond donors (Lipinski definition) is 2. The van der Waals surface area contributed by atoms with Crippen LogP contribution in [0.4, 0.5) is 4.39 Å². The number of sulfonamides is 1. The Morgan fingerprint density at radius 1 is 1.43 bits per heavy atom. The van der Waals surface area contributed by atoms with E-state index in [0.717, 1.165) is 12.1 Å². The van der Waals surface area contributed by atoms with Crippen molar-refractivity contribution in [2.24, 2.45) is 5.92 Å². The van der Waals surface area contributed by atoms with E-state index >= 15 is 0 Å². The summed E-state index contributed by atoms with van der Waals surface area (Å²) in [5.74, 6) is -2.49. The van der Waals surface area contributed by atoms with E-state index in [1.165, 1.54) is 7.11 Å². The van der Waals surface area contributed by atoms with Crippen LogP contribution in [0.15, 0.2) is 23.1 Å². The van der Waals surface area contributed by atoms with E-state index < -0.39 is 32.7 Å². The summed E-state index contributed by atoms with van der Waals surface area (Å²) in [6.45, 7) is 3.75. The van der Waals surface area contributed by atoms with Gasteiger partial charge in [0.1, 0.15) is 10.7 Å². The number of carbonyl (C=O) groups is 1. The highest BCUT2D eigenvalue weighted by Gasteiger charge is 2.25. The van der Waals surface area contributed by atoms with E-state index in [1.807, 2.05) is 0 Å². The number of aromatic carboxylic acids is 1. The van der Waals surface area contributed by atoms with Crippen LogP contribution in [0.2, 0.25) is 0 Å². The van der Waals surface area contributed by atoms with Crippen molar-refractivity contribution in [2.75, 3.05) is 13.7 Å². The molecule has 0 spiro atoms. The lowest BCUT2D eigenvalue weighted by Gasteiger charge is -2.21. The van der Waals surface area contributed by atoms with Gasteiger partial charge in [-0.3, -0.25) is 0 Å². The molecular formula is C13H18FNO5S. The minimum Gasteiger partial charge on any atom is -0.478 e. The largest absolute Gasteiger partial charge is 0.478 e. The van der Waals surface area contributed by atoms with Gasteiger partial charge in [-0.1, -0.05) is 13.8 Å². The minimum absolute atomic E-state index is 0.0546. The Hall–Kier alpha value is -1.51. The van der Waals surface area contributed by atoms with E-state index in [4.69, 9.17) is 9.84 Å². The maximum atomic E-state index is 13.8. The first kappa shape index (κ1) is 17.5. The molecular weight excluding hydrogens is 301 g/mol. The van der Waals surface area contributed by atoms with Gasteiger partial charge < -0.3 is 9.84 Å². The Labute approximate surface area is 123 Å². The van der Waals surface area contributed by atoms with Gasteiger partial charge in [-0.25, -0.2) is 22.3 Å². The van der Waals surface area contributed by atoms with Crippen molar-refractivity contribution >= 4 is 16.0 Å². The number of carboxylic acids is 1. The average Bonchev–Trinajstić information content (AvgIpc) is 2.37. The second-order valence-corrected chi connectivity index (χ2v) is 6.56. The molecule has 1 aromatic carbocycles. The number of methoxy groups -OCH3 is 1. The number of benzene rings is 1. The van der Waals surface area contributed by atoms with Gasteiger partial charge in [0.15, 0.2) is 0 Å². The zero-order valence-corrected chi connectivity index (χ0v) is 12.8. The van der Waals surface area contributed by atoms with Crippen molar-refractivity contribution in [3.8, 4) is 0 Å². The predicted octanol–water partition coefficient (Wildman–Crippen LogP) is 1.47. The molecule has 1 rings (SSSR count). The molecule has 118 valence electrons. The van der Waals surface area contributed by atoms with Gasteiger partial charge in [-0.05, 0) is 24.1 Å². The van der Waals surface area contributed by atoms with Gasteiger partial charge in [-0.15, -0.1) is 0 Å². The molecule has 0 radical (unpaired) electrons. The third kappa shape index (κ3) is 4.48. The summed E-state index contributed by atoms with van der Waals surface area (Å²) in [5.41, 5.74) is -0.316. The van der Waals surface area contributed by atoms with Crippen LogP contribution >= 0.6 is 0 Å². The lowest BCUT2D eigenvalue weighted by molar-refractivity contribution is 0.0696. The lowest BCUT2D eigenvalue weighted by Crippen LogP contribution is -2.41. The highest BCUT2D eigenvalue weighted by molar-refractivity contribution is 7.89. The molecule has 0 heterocycles. The summed E-state index contributed by atoms with van der Waals surface area (Å²) in [5, 5.41) is 8.74. The van der Waals surface area contributed by atoms with Gasteiger partial charge >= 0.3 is 5.97 Å². The molecule has 1 unspecified atom stereocenters. The minimum atomic E-state index is -4.10. The molecule has 21 heavy (non-hydrogen) atoms. The van der Waals surface area contributed by atoms with Crippen LogP contribution in [0.5, 0.6) is 0 Å². The van der Waals surface area contributed by atoms with E-state index in [0.29, 0.717) is 6.07 Å². The first-order chi connectivity index (χ1) is 9.69. The van der Waals surface area contributed by atoms with Crippen LogP contribution < -0.4 is 4.72 Å². The van der Waals surface area contributed by atoms with E-state index in [9.17, 15) is 17.6 Å². The third-order valence-corrected chi connectivity index (χ3v) is 4.45. The molecule has 0 fully saturated rings. The van der Waals surface area contributed by atoms with Crippen molar-refractivity contribution in [2.45, 2.75) is 24.8 Å². The standard InChI is InChI=1S/C13H18FNO5S/c1-8(2)11(7-20-3)15-21(18,19)12-5-4-9(13(16)17)6-10(12)14/h4-6,8,11,15H,7H2,1-3H3,(H,16,17). The van der Waals surface area contributed by atoms with Gasteiger partial charge in [0.25, 0.3) is 0 Å². The molecule has 6 nitrogen and oxygen atoms in total. The Bertz CT molecular complexity index is 615. The second-order valence-electron chi connectivity index (χ2n) is 4.88. The van der Waals surface area contributed by atoms with Crippen molar-refractivity contribution in [3.63, 3.8) is 0 Å². The molecule has 2 N–H and O–H groups in total. The van der Waals surface area contributed by atoms with Crippen LogP contribution in [-0.4, -0.2) is 39.3 Å². The first-order valence-corrected chi connectivity index (χ1v) is 7.71. The van der Waals surface area contributed by atoms with Crippen molar-refractivity contribution in [1.82, 2.24) is 4.72 Å². The van der Waals surface area contributed by atoms with Crippen LogP contribution in [0.3, 0.4) is 0 Å². The Morgan fingerprint density at radius 3 is 2.48 bits per heavy atom. The quantitative estimate of drug-likeness (QED) is 0.794. The number of carboxylic acid groups (broad SMARTS) is 1. The van der Waals surface area contributed by atoms with Gasteiger partial charge in [-0.2, -0.15) is 0 Å². The Morgan fingerprint density at radius 2 is 2.05 bits per heavy atom. The second kappa shape index (κ2) is 6.97. The number of nitrogens with one attached hydrogen (secondary N) is 1. The molecule has 0 saturated heterocycles. The monoisotopic (exact) mass is 319 g/mol. The van der Waals surface area contributed by atoms with E-state index in [2.05, 4.69) is 4.72 Å². The fourth-order valence-electron chi connectivity index (χ4n) is 1.66. The van der Waals surface area contributed by atoms with Crippen LogP contribution in [-0.2, 0) is 14.8 Å². The normalized spacial score (nSPS) is 13.4. The van der Waals surface area contributed by atoms with Crippen LogP contribution in [0, 0.1) is 11.7 Å². The summed E-state index contributed by atoms with van der Waals surface area (Å²) in [6, 6.07) is 2.14. The predicted molar refractivity (Wildman–Crippen MR) is 74.2 cm³/mol. The number of ether oxygens (including phenoxy) is 1. The van der Waals surface area contributed by atoms with Crippen molar-refractivity contribution in [3.05, 3.63) is 29.6 Å². The maximum absolute atomic E-state index is 13.8. The Balaban J connectivity index is 3.10. The van der Waals surface area contributed by atoms with Gasteiger partial charge in [0, 0.05) is 13.2 Å². The summed E-state index contributed by atoms with van der Waals surface area (Å²) in [4.78, 5) is 10.1. The number of hydrogen-bond acceptors (Lipinski definition) is 4. The highest BCUT2D eigenvalue weighted by atomic mass is 32.2. The zero-order chi connectivity index (χ0) is 16.2. The van der Waals surface area contributed by atoms with Gasteiger partial charge in [0.05, 0.1) is 12.2 Å². The van der Waals surface area contributed by atoms with Crippen molar-refractivity contribution in [1.29, 1.82) is 0 Å². The van der Waals surface area contributed by atoms with Gasteiger partial charge in [0.2, 0.25) is 10.0 Å². The van der Waals surface area contributed by atoms with E-state index in [-0.39, 0.29) is 18.1 Å².